The average molecular weight is 673 g/mol. The summed E-state index contributed by atoms with van der Waals surface area (Å²) in [4.78, 5) is 0. The van der Waals surface area contributed by atoms with Crippen LogP contribution in [-0.4, -0.2) is 0 Å². The molecular formula is C48H96. The number of hydrogen-bond acceptors (Lipinski definition) is 0. The van der Waals surface area contributed by atoms with Crippen LogP contribution in [0.5, 0.6) is 0 Å². The van der Waals surface area contributed by atoms with Gasteiger partial charge in [0.2, 0.25) is 0 Å². The Hall–Kier alpha value is -1.04. The molecule has 0 aromatic rings. The second kappa shape index (κ2) is 35.8. The molecule has 0 aromatic heterocycles. The summed E-state index contributed by atoms with van der Waals surface area (Å²) in [7, 11) is 0. The van der Waals surface area contributed by atoms with Gasteiger partial charge in [0.25, 0.3) is 0 Å². The smallest absolute Gasteiger partial charge is 0.0288 e. The monoisotopic (exact) mass is 673 g/mol. The van der Waals surface area contributed by atoms with Crippen molar-refractivity contribution < 1.29 is 0 Å². The molecule has 0 heterocycles. The molecule has 0 N–H and O–H groups in total. The SMILES string of the molecule is C/C(=C\C(C)C)CCCC(C)C.CC(C)=CCC/C(C)=C/C(C)C.CC(C)=CCCC(C)CC(C)C.CC(C)CCCC(C)CC(C)C. The fourth-order valence-electron chi connectivity index (χ4n) is 6.06. The van der Waals surface area contributed by atoms with Gasteiger partial charge in [-0.3, -0.25) is 0 Å². The van der Waals surface area contributed by atoms with E-state index in [1.807, 2.05) is 0 Å². The molecule has 0 saturated heterocycles. The lowest BCUT2D eigenvalue weighted by Crippen LogP contribution is -2.00. The van der Waals surface area contributed by atoms with E-state index in [9.17, 15) is 0 Å². The molecule has 0 aliphatic carbocycles. The van der Waals surface area contributed by atoms with Gasteiger partial charge in [-0.2, -0.15) is 0 Å². The minimum atomic E-state index is 0.691. The largest absolute Gasteiger partial charge is 0.0859 e. The molecule has 0 aliphatic heterocycles. The van der Waals surface area contributed by atoms with Crippen molar-refractivity contribution in [3.05, 3.63) is 46.6 Å². The van der Waals surface area contributed by atoms with Crippen molar-refractivity contribution in [1.82, 2.24) is 0 Å². The molecule has 0 amide bonds. The Balaban J connectivity index is -0.000000269. The fraction of sp³-hybridized carbons (Fsp3) is 0.833. The maximum atomic E-state index is 2.39. The van der Waals surface area contributed by atoms with Gasteiger partial charge in [0.1, 0.15) is 0 Å². The summed E-state index contributed by atoms with van der Waals surface area (Å²) in [5.41, 5.74) is 5.95. The van der Waals surface area contributed by atoms with Crippen molar-refractivity contribution in [2.75, 3.05) is 0 Å². The molecule has 0 radical (unpaired) electrons. The Labute approximate surface area is 308 Å². The topological polar surface area (TPSA) is 0 Å². The molecule has 0 nitrogen and oxygen atoms in total. The van der Waals surface area contributed by atoms with Crippen molar-refractivity contribution in [3.8, 4) is 0 Å². The lowest BCUT2D eigenvalue weighted by atomic mass is 9.93. The molecule has 0 rings (SSSR count). The van der Waals surface area contributed by atoms with Gasteiger partial charge in [-0.25, -0.2) is 0 Å². The molecule has 0 heteroatoms. The van der Waals surface area contributed by atoms with Gasteiger partial charge in [-0.15, -0.1) is 0 Å². The highest BCUT2D eigenvalue weighted by Crippen LogP contribution is 2.19. The molecular weight excluding hydrogens is 577 g/mol. The first kappa shape index (κ1) is 53.7. The van der Waals surface area contributed by atoms with Crippen LogP contribution in [-0.2, 0) is 0 Å². The van der Waals surface area contributed by atoms with E-state index >= 15 is 0 Å². The van der Waals surface area contributed by atoms with Gasteiger partial charge >= 0.3 is 0 Å². The van der Waals surface area contributed by atoms with E-state index < -0.39 is 0 Å². The van der Waals surface area contributed by atoms with E-state index in [1.165, 1.54) is 93.8 Å². The summed E-state index contributed by atoms with van der Waals surface area (Å²) in [6.07, 6.45) is 25.4. The van der Waals surface area contributed by atoms with Crippen LogP contribution in [0.3, 0.4) is 0 Å². The number of allylic oxidation sites excluding steroid dienone is 8. The van der Waals surface area contributed by atoms with Crippen LogP contribution in [0.1, 0.15) is 216 Å². The zero-order chi connectivity index (χ0) is 38.2. The summed E-state index contributed by atoms with van der Waals surface area (Å²) in [6.45, 7) is 45.3. The molecule has 2 atom stereocenters. The second-order valence-corrected chi connectivity index (χ2v) is 18.3. The lowest BCUT2D eigenvalue weighted by Gasteiger charge is -2.14. The maximum absolute atomic E-state index is 2.39. The van der Waals surface area contributed by atoms with Crippen LogP contribution in [0.15, 0.2) is 46.6 Å². The van der Waals surface area contributed by atoms with E-state index in [1.54, 1.807) is 5.57 Å². The van der Waals surface area contributed by atoms with Crippen molar-refractivity contribution in [2.45, 2.75) is 216 Å². The summed E-state index contributed by atoms with van der Waals surface area (Å²) in [5, 5.41) is 0. The zero-order valence-electron chi connectivity index (χ0n) is 37.4. The van der Waals surface area contributed by atoms with Crippen LogP contribution in [0.25, 0.3) is 0 Å². The molecule has 0 bridgehead atoms. The number of hydrogen-bond donors (Lipinski definition) is 0. The first-order valence-electron chi connectivity index (χ1n) is 20.7. The minimum Gasteiger partial charge on any atom is -0.0859 e. The maximum Gasteiger partial charge on any atom is -0.0288 e. The first-order chi connectivity index (χ1) is 22.1. The quantitative estimate of drug-likeness (QED) is 0.113. The van der Waals surface area contributed by atoms with Crippen LogP contribution in [0.2, 0.25) is 0 Å². The highest BCUT2D eigenvalue weighted by molar-refractivity contribution is 5.03. The highest BCUT2D eigenvalue weighted by Gasteiger charge is 2.05. The van der Waals surface area contributed by atoms with E-state index in [0.717, 1.165) is 35.5 Å². The molecule has 48 heavy (non-hydrogen) atoms. The lowest BCUT2D eigenvalue weighted by molar-refractivity contribution is 0.388. The summed E-state index contributed by atoms with van der Waals surface area (Å²) in [5.74, 6) is 6.70. The predicted molar refractivity (Wildman–Crippen MR) is 229 cm³/mol. The first-order valence-corrected chi connectivity index (χ1v) is 20.7. The zero-order valence-corrected chi connectivity index (χ0v) is 37.4. The highest BCUT2D eigenvalue weighted by atomic mass is 14.1. The summed E-state index contributed by atoms with van der Waals surface area (Å²) < 4.78 is 0. The van der Waals surface area contributed by atoms with Gasteiger partial charge in [-0.05, 0) is 140 Å². The minimum absolute atomic E-state index is 0.691. The van der Waals surface area contributed by atoms with Gasteiger partial charge in [0, 0.05) is 0 Å². The Morgan fingerprint density at radius 3 is 1.15 bits per heavy atom. The molecule has 0 fully saturated rings. The number of rotatable bonds is 20. The Bertz CT molecular complexity index is 784. The van der Waals surface area contributed by atoms with Crippen LogP contribution >= 0.6 is 0 Å². The fourth-order valence-corrected chi connectivity index (χ4v) is 6.06. The van der Waals surface area contributed by atoms with Crippen molar-refractivity contribution in [1.29, 1.82) is 0 Å². The van der Waals surface area contributed by atoms with Crippen LogP contribution in [0, 0.1) is 47.3 Å². The van der Waals surface area contributed by atoms with Crippen molar-refractivity contribution >= 4 is 0 Å². The van der Waals surface area contributed by atoms with Crippen LogP contribution < -0.4 is 0 Å². The van der Waals surface area contributed by atoms with Crippen LogP contribution in [0.4, 0.5) is 0 Å². The van der Waals surface area contributed by atoms with Gasteiger partial charge < -0.3 is 0 Å². The van der Waals surface area contributed by atoms with Gasteiger partial charge in [-0.1, -0.05) is 169 Å². The summed E-state index contributed by atoms with van der Waals surface area (Å²) in [6, 6.07) is 0. The average Bonchev–Trinajstić information content (AvgIpc) is 2.87. The van der Waals surface area contributed by atoms with E-state index in [4.69, 9.17) is 0 Å². The second-order valence-electron chi connectivity index (χ2n) is 18.3. The summed E-state index contributed by atoms with van der Waals surface area (Å²) >= 11 is 0. The third-order valence-corrected chi connectivity index (χ3v) is 8.12. The van der Waals surface area contributed by atoms with E-state index in [2.05, 4.69) is 163 Å². The van der Waals surface area contributed by atoms with Crippen molar-refractivity contribution in [2.24, 2.45) is 47.3 Å². The molecule has 0 aliphatic rings. The molecule has 0 spiro atoms. The van der Waals surface area contributed by atoms with Gasteiger partial charge in [0.05, 0.1) is 0 Å². The Morgan fingerprint density at radius 2 is 0.771 bits per heavy atom. The molecule has 288 valence electrons. The van der Waals surface area contributed by atoms with E-state index in [-0.39, 0.29) is 0 Å². The Morgan fingerprint density at radius 1 is 0.396 bits per heavy atom. The standard InChI is InChI=1S/C12H26.2C12H24.C12H22/c4*1-10(2)7-6-8-12(5)9-11(3)4/h10-12H,6-9H2,1-5H3;9-11H,6-8H2,1-5H3;7,11-12H,6,8-9H2,1-5H3;7,9,11H,6,8H2,1-5H3/b;12-9+;;12-9+. The third-order valence-electron chi connectivity index (χ3n) is 8.12. The molecule has 0 aromatic carbocycles. The molecule has 2 unspecified atom stereocenters. The van der Waals surface area contributed by atoms with E-state index in [0.29, 0.717) is 11.8 Å². The predicted octanol–water partition coefficient (Wildman–Crippen LogP) is 17.7. The van der Waals surface area contributed by atoms with Gasteiger partial charge in [0.15, 0.2) is 0 Å². The third kappa shape index (κ3) is 57.2. The normalized spacial score (nSPS) is 13.1. The van der Waals surface area contributed by atoms with Crippen molar-refractivity contribution in [3.63, 3.8) is 0 Å². The molecule has 0 saturated carbocycles. The Kier molecular flexibility index (Phi) is 40.1.